The molecule has 0 radical (unpaired) electrons. The zero-order valence-corrected chi connectivity index (χ0v) is 10.4. The largest absolute Gasteiger partial charge is 0.495 e. The molecule has 0 heterocycles. The minimum atomic E-state index is -6.66. The highest BCUT2D eigenvalue weighted by atomic mass is 19.4. The zero-order chi connectivity index (χ0) is 18.9. The first kappa shape index (κ1) is 21.6. The smallest absolute Gasteiger partial charge is 0.396 e. The van der Waals surface area contributed by atoms with Crippen LogP contribution in [0.2, 0.25) is 0 Å². The third-order valence-corrected chi connectivity index (χ3v) is 1.91. The van der Waals surface area contributed by atoms with Crippen LogP contribution in [0, 0.1) is 0 Å². The number of halogens is 11. The minimum absolute atomic E-state index is 0.155. The van der Waals surface area contributed by atoms with Gasteiger partial charge in [-0.1, -0.05) is 0 Å². The van der Waals surface area contributed by atoms with Crippen LogP contribution in [-0.2, 0) is 14.2 Å². The number of alkyl halides is 8. The Hall–Kier alpha value is -1.35. The van der Waals surface area contributed by atoms with Gasteiger partial charge in [0.15, 0.2) is 0 Å². The second-order valence-electron chi connectivity index (χ2n) is 3.50. The van der Waals surface area contributed by atoms with E-state index >= 15 is 0 Å². The van der Waals surface area contributed by atoms with Crippen molar-refractivity contribution in [3.05, 3.63) is 12.1 Å². The fourth-order valence-corrected chi connectivity index (χ4v) is 0.856. The molecule has 4 nitrogen and oxygen atoms in total. The number of hydrogen-bond acceptors (Lipinski definition) is 4. The molecule has 0 bridgehead atoms. The Morgan fingerprint density at radius 3 is 1.61 bits per heavy atom. The van der Waals surface area contributed by atoms with Crippen LogP contribution >= 0.6 is 0 Å². The van der Waals surface area contributed by atoms with Crippen molar-refractivity contribution in [2.75, 3.05) is 7.11 Å². The van der Waals surface area contributed by atoms with Gasteiger partial charge in [0, 0.05) is 7.11 Å². The topological polar surface area (TPSA) is 47.9 Å². The molecule has 0 saturated carbocycles. The maximum absolute atomic E-state index is 13.4. The van der Waals surface area contributed by atoms with Gasteiger partial charge in [-0.3, -0.25) is 4.74 Å². The van der Waals surface area contributed by atoms with Crippen molar-refractivity contribution in [1.29, 1.82) is 0 Å². The van der Waals surface area contributed by atoms with Gasteiger partial charge in [-0.05, 0) is 0 Å². The minimum Gasteiger partial charge on any atom is -0.396 e. The van der Waals surface area contributed by atoms with Crippen LogP contribution in [0.4, 0.5) is 48.3 Å². The number of aliphatic hydroxyl groups excluding tert-OH is 1. The second kappa shape index (κ2) is 6.64. The quantitative estimate of drug-likeness (QED) is 0.422. The Balaban J connectivity index is 5.69. The first-order valence-electron chi connectivity index (χ1n) is 4.84. The van der Waals surface area contributed by atoms with E-state index in [4.69, 9.17) is 5.11 Å². The van der Waals surface area contributed by atoms with Crippen molar-refractivity contribution in [1.82, 2.24) is 0 Å². The van der Waals surface area contributed by atoms with Gasteiger partial charge in [0.25, 0.3) is 0 Å². The molecule has 15 heteroatoms. The molecule has 0 aromatic heterocycles. The summed E-state index contributed by atoms with van der Waals surface area (Å²) in [6.07, 6.45) is -27.3. The Labute approximate surface area is 119 Å². The molecule has 1 N–H and O–H groups in total. The molecule has 0 aliphatic rings. The predicted molar refractivity (Wildman–Crippen MR) is 45.3 cm³/mol. The summed E-state index contributed by atoms with van der Waals surface area (Å²) < 4.78 is 144. The first-order valence-corrected chi connectivity index (χ1v) is 4.84. The first-order chi connectivity index (χ1) is 10.0. The van der Waals surface area contributed by atoms with Crippen LogP contribution in [0.5, 0.6) is 0 Å². The Kier molecular flexibility index (Phi) is 6.25. The summed E-state index contributed by atoms with van der Waals surface area (Å²) in [6.45, 7) is 0. The van der Waals surface area contributed by atoms with Crippen molar-refractivity contribution in [2.45, 2.75) is 30.5 Å². The molecule has 0 aliphatic carbocycles. The van der Waals surface area contributed by atoms with E-state index in [1.807, 2.05) is 0 Å². The van der Waals surface area contributed by atoms with E-state index in [1.54, 1.807) is 0 Å². The second-order valence-corrected chi connectivity index (χ2v) is 3.50. The molecule has 0 amide bonds. The third-order valence-electron chi connectivity index (χ3n) is 1.91. The van der Waals surface area contributed by atoms with Crippen LogP contribution in [0.25, 0.3) is 0 Å². The number of methoxy groups -OCH3 is 1. The summed E-state index contributed by atoms with van der Waals surface area (Å²) >= 11 is 0. The number of hydrogen-bond donors (Lipinski definition) is 1. The van der Waals surface area contributed by atoms with Gasteiger partial charge in [0.1, 0.15) is 0 Å². The van der Waals surface area contributed by atoms with E-state index in [9.17, 15) is 48.3 Å². The van der Waals surface area contributed by atoms with Crippen LogP contribution in [0.3, 0.4) is 0 Å². The van der Waals surface area contributed by atoms with Crippen LogP contribution < -0.4 is 0 Å². The maximum atomic E-state index is 13.4. The van der Waals surface area contributed by atoms with Crippen LogP contribution in [0.15, 0.2) is 12.1 Å². The van der Waals surface area contributed by atoms with E-state index in [2.05, 4.69) is 14.2 Å². The number of rotatable bonds is 7. The summed E-state index contributed by atoms with van der Waals surface area (Å²) in [7, 11) is 0.155. The molecule has 0 aromatic carbocycles. The molecular weight excluding hydrogens is 369 g/mol. The fraction of sp³-hybridized carbons (Fsp3) is 0.750. The summed E-state index contributed by atoms with van der Waals surface area (Å²) in [5.41, 5.74) is 0. The van der Waals surface area contributed by atoms with Gasteiger partial charge in [-0.2, -0.15) is 48.3 Å². The van der Waals surface area contributed by atoms with Crippen molar-refractivity contribution < 1.29 is 67.6 Å². The Bertz CT molecular complexity index is 444. The average molecular weight is 374 g/mol. The molecule has 0 spiro atoms. The van der Waals surface area contributed by atoms with Gasteiger partial charge in [0.05, 0.1) is 0 Å². The number of aliphatic hydroxyl groups is 1. The summed E-state index contributed by atoms with van der Waals surface area (Å²) in [5.74, 6) is -5.94. The van der Waals surface area contributed by atoms with Gasteiger partial charge in [-0.15, -0.1) is 0 Å². The monoisotopic (exact) mass is 374 g/mol. The SMILES string of the molecule is COC(O)C(F)(OC(F)(F)C(F)(F)OC(F)=C(F)F)C(F)(F)F. The van der Waals surface area contributed by atoms with Crippen LogP contribution in [0.1, 0.15) is 0 Å². The molecule has 2 atom stereocenters. The van der Waals surface area contributed by atoms with E-state index < -0.39 is 42.6 Å². The summed E-state index contributed by atoms with van der Waals surface area (Å²) in [5, 5.41) is 8.55. The normalized spacial score (nSPS) is 17.4. The van der Waals surface area contributed by atoms with Gasteiger partial charge < -0.3 is 14.6 Å². The van der Waals surface area contributed by atoms with E-state index in [1.165, 1.54) is 0 Å². The third kappa shape index (κ3) is 4.57. The standard InChI is InChI=1S/C8H5F11O4/c1-21-4(20)5(12,6(13,14)15)23-8(18,19)7(16,17)22-3(11)2(9)10/h4,20H,1H3. The lowest BCUT2D eigenvalue weighted by molar-refractivity contribution is -0.509. The fourth-order valence-electron chi connectivity index (χ4n) is 0.856. The van der Waals surface area contributed by atoms with Crippen molar-refractivity contribution in [3.8, 4) is 0 Å². The average Bonchev–Trinajstić information content (AvgIpc) is 2.34. The number of ether oxygens (including phenoxy) is 3. The molecular formula is C8H5F11O4. The van der Waals surface area contributed by atoms with Crippen molar-refractivity contribution >= 4 is 0 Å². The van der Waals surface area contributed by atoms with Gasteiger partial charge in [0.2, 0.25) is 6.29 Å². The van der Waals surface area contributed by atoms with Crippen LogP contribution in [-0.4, -0.2) is 42.8 Å². The van der Waals surface area contributed by atoms with E-state index in [-0.39, 0.29) is 7.11 Å². The predicted octanol–water partition coefficient (Wildman–Crippen LogP) is 3.43. The lowest BCUT2D eigenvalue weighted by Crippen LogP contribution is -2.60. The van der Waals surface area contributed by atoms with Gasteiger partial charge >= 0.3 is 36.3 Å². The highest BCUT2D eigenvalue weighted by Gasteiger charge is 2.73. The zero-order valence-electron chi connectivity index (χ0n) is 10.4. The molecule has 23 heavy (non-hydrogen) atoms. The van der Waals surface area contributed by atoms with E-state index in [0.29, 0.717) is 0 Å². The molecule has 0 saturated heterocycles. The summed E-state index contributed by atoms with van der Waals surface area (Å²) in [4.78, 5) is 0. The highest BCUT2D eigenvalue weighted by molar-refractivity contribution is 4.87. The molecule has 0 rings (SSSR count). The Morgan fingerprint density at radius 2 is 1.30 bits per heavy atom. The lowest BCUT2D eigenvalue weighted by Gasteiger charge is -2.35. The Morgan fingerprint density at radius 1 is 0.870 bits per heavy atom. The molecule has 138 valence electrons. The highest BCUT2D eigenvalue weighted by Crippen LogP contribution is 2.47. The maximum Gasteiger partial charge on any atom is 0.495 e. The molecule has 0 aromatic rings. The van der Waals surface area contributed by atoms with Gasteiger partial charge in [-0.25, -0.2) is 0 Å². The summed E-state index contributed by atoms with van der Waals surface area (Å²) in [6, 6.07) is -3.58. The lowest BCUT2D eigenvalue weighted by atomic mass is 10.3. The van der Waals surface area contributed by atoms with Crippen molar-refractivity contribution in [2.24, 2.45) is 0 Å². The molecule has 0 aliphatic heterocycles. The van der Waals surface area contributed by atoms with Crippen molar-refractivity contribution in [3.63, 3.8) is 0 Å². The molecule has 0 fully saturated rings. The van der Waals surface area contributed by atoms with E-state index in [0.717, 1.165) is 0 Å². The molecule has 2 unspecified atom stereocenters.